The van der Waals surface area contributed by atoms with Crippen molar-refractivity contribution in [3.8, 4) is 22.6 Å². The highest BCUT2D eigenvalue weighted by molar-refractivity contribution is 5.94. The molecular weight excluding hydrogens is 376 g/mol. The summed E-state index contributed by atoms with van der Waals surface area (Å²) in [5, 5.41) is 0. The van der Waals surface area contributed by atoms with Gasteiger partial charge in [-0.3, -0.25) is 0 Å². The van der Waals surface area contributed by atoms with Gasteiger partial charge in [0.1, 0.15) is 11.5 Å². The molecule has 0 saturated carbocycles. The Hall–Kier alpha value is -4.18. The van der Waals surface area contributed by atoms with Gasteiger partial charge in [-0.05, 0) is 59.7 Å². The van der Waals surface area contributed by atoms with Gasteiger partial charge in [0.2, 0.25) is 0 Å². The number of hydrogen-bond donors (Lipinski definition) is 0. The van der Waals surface area contributed by atoms with Gasteiger partial charge >= 0.3 is 11.9 Å². The summed E-state index contributed by atoms with van der Waals surface area (Å²) in [5.41, 5.74) is 2.83. The lowest BCUT2D eigenvalue weighted by molar-refractivity contribution is 0.0720. The van der Waals surface area contributed by atoms with Gasteiger partial charge in [-0.25, -0.2) is 9.59 Å². The smallest absolute Gasteiger partial charge is 0.343 e. The van der Waals surface area contributed by atoms with E-state index >= 15 is 0 Å². The number of rotatable bonds is 5. The van der Waals surface area contributed by atoms with Gasteiger partial charge in [0.15, 0.2) is 0 Å². The number of ether oxygens (including phenoxy) is 2. The number of benzene rings is 4. The van der Waals surface area contributed by atoms with Crippen molar-refractivity contribution >= 4 is 11.9 Å². The number of esters is 2. The Labute approximate surface area is 174 Å². The molecule has 0 aromatic heterocycles. The highest BCUT2D eigenvalue weighted by Gasteiger charge is 2.12. The van der Waals surface area contributed by atoms with Crippen LogP contribution in [0.5, 0.6) is 11.5 Å². The third kappa shape index (κ3) is 4.62. The first-order valence-corrected chi connectivity index (χ1v) is 9.44. The van der Waals surface area contributed by atoms with Crippen molar-refractivity contribution in [1.82, 2.24) is 0 Å². The van der Waals surface area contributed by atoms with Crippen molar-refractivity contribution in [2.45, 2.75) is 0 Å². The first kappa shape index (κ1) is 19.2. The van der Waals surface area contributed by atoms with Crippen molar-refractivity contribution in [2.75, 3.05) is 0 Å². The molecule has 30 heavy (non-hydrogen) atoms. The molecule has 0 bridgehead atoms. The Kier molecular flexibility index (Phi) is 5.67. The van der Waals surface area contributed by atoms with Gasteiger partial charge in [0, 0.05) is 0 Å². The van der Waals surface area contributed by atoms with Crippen LogP contribution in [0, 0.1) is 0 Å². The van der Waals surface area contributed by atoms with Crippen LogP contribution < -0.4 is 9.47 Å². The maximum absolute atomic E-state index is 12.4. The summed E-state index contributed by atoms with van der Waals surface area (Å²) in [5.74, 6) is -0.0692. The minimum absolute atomic E-state index is 0.346. The van der Waals surface area contributed by atoms with E-state index < -0.39 is 11.9 Å². The number of para-hydroxylation sites is 1. The van der Waals surface area contributed by atoms with Crippen LogP contribution in [0.4, 0.5) is 0 Å². The van der Waals surface area contributed by atoms with E-state index in [9.17, 15) is 9.59 Å². The molecule has 0 aliphatic carbocycles. The van der Waals surface area contributed by atoms with Crippen LogP contribution in [-0.2, 0) is 0 Å². The second kappa shape index (κ2) is 8.88. The minimum Gasteiger partial charge on any atom is -0.423 e. The molecule has 0 aliphatic rings. The minimum atomic E-state index is -0.495. The van der Waals surface area contributed by atoms with Crippen LogP contribution in [0.15, 0.2) is 109 Å². The molecule has 0 amide bonds. The number of carbonyl (C=O) groups excluding carboxylic acids is 2. The number of carbonyl (C=O) groups is 2. The van der Waals surface area contributed by atoms with Crippen molar-refractivity contribution in [1.29, 1.82) is 0 Å². The lowest BCUT2D eigenvalue weighted by Crippen LogP contribution is -2.11. The molecule has 0 fully saturated rings. The second-order valence-corrected chi connectivity index (χ2v) is 6.56. The second-order valence-electron chi connectivity index (χ2n) is 6.56. The van der Waals surface area contributed by atoms with Crippen molar-refractivity contribution in [2.24, 2.45) is 0 Å². The summed E-state index contributed by atoms with van der Waals surface area (Å²) in [6.45, 7) is 0. The predicted molar refractivity (Wildman–Crippen MR) is 115 cm³/mol. The Bertz CT molecular complexity index is 1130. The molecule has 0 radical (unpaired) electrons. The fraction of sp³-hybridized carbons (Fsp3) is 0. The first-order chi connectivity index (χ1) is 14.7. The summed E-state index contributed by atoms with van der Waals surface area (Å²) >= 11 is 0. The maximum atomic E-state index is 12.4. The van der Waals surface area contributed by atoms with E-state index in [1.54, 1.807) is 60.7 Å². The van der Waals surface area contributed by atoms with Crippen molar-refractivity contribution < 1.29 is 19.1 Å². The predicted octanol–water partition coefficient (Wildman–Crippen LogP) is 5.79. The quantitative estimate of drug-likeness (QED) is 0.317. The molecule has 0 aliphatic heterocycles. The largest absolute Gasteiger partial charge is 0.423 e. The van der Waals surface area contributed by atoms with Crippen LogP contribution in [0.1, 0.15) is 20.7 Å². The van der Waals surface area contributed by atoms with Crippen molar-refractivity contribution in [3.63, 3.8) is 0 Å². The van der Waals surface area contributed by atoms with Crippen LogP contribution in [0.25, 0.3) is 11.1 Å². The fourth-order valence-corrected chi connectivity index (χ4v) is 2.91. The molecule has 0 saturated heterocycles. The summed E-state index contributed by atoms with van der Waals surface area (Å²) < 4.78 is 10.7. The van der Waals surface area contributed by atoms with Gasteiger partial charge in [-0.15, -0.1) is 0 Å². The molecule has 0 N–H and O–H groups in total. The summed E-state index contributed by atoms with van der Waals surface area (Å²) in [6, 6.07) is 32.3. The van der Waals surface area contributed by atoms with Crippen LogP contribution in [0.2, 0.25) is 0 Å². The average molecular weight is 394 g/mol. The van der Waals surface area contributed by atoms with Gasteiger partial charge < -0.3 is 9.47 Å². The molecule has 0 atom stereocenters. The lowest BCUT2D eigenvalue weighted by atomic mass is 10.1. The molecule has 0 heterocycles. The zero-order chi connectivity index (χ0) is 20.8. The fourth-order valence-electron chi connectivity index (χ4n) is 2.91. The summed E-state index contributed by atoms with van der Waals surface area (Å²) in [7, 11) is 0. The Morgan fingerprint density at radius 3 is 1.33 bits per heavy atom. The van der Waals surface area contributed by atoms with E-state index in [-0.39, 0.29) is 0 Å². The third-order valence-electron chi connectivity index (χ3n) is 4.48. The molecular formula is C26H18O4. The highest BCUT2D eigenvalue weighted by atomic mass is 16.5. The molecule has 4 nitrogen and oxygen atoms in total. The van der Waals surface area contributed by atoms with E-state index in [0.29, 0.717) is 22.6 Å². The summed E-state index contributed by atoms with van der Waals surface area (Å²) in [6.07, 6.45) is 0. The van der Waals surface area contributed by atoms with Gasteiger partial charge in [-0.2, -0.15) is 0 Å². The first-order valence-electron chi connectivity index (χ1n) is 9.44. The molecule has 4 aromatic rings. The van der Waals surface area contributed by atoms with Crippen LogP contribution >= 0.6 is 0 Å². The zero-order valence-electron chi connectivity index (χ0n) is 16.0. The van der Waals surface area contributed by atoms with Gasteiger partial charge in [0.05, 0.1) is 11.1 Å². The summed E-state index contributed by atoms with van der Waals surface area (Å²) in [4.78, 5) is 24.6. The van der Waals surface area contributed by atoms with Crippen LogP contribution in [0.3, 0.4) is 0 Å². The van der Waals surface area contributed by atoms with Gasteiger partial charge in [0.25, 0.3) is 0 Å². The standard InChI is InChI=1S/C26H18O4/c27-25(29-23-9-5-2-6-10-23)21-11-13-22(14-12-21)26(28)30-24-17-15-20(16-18-24)19-7-3-1-4-8-19/h1-18H. The molecule has 0 unspecified atom stereocenters. The van der Waals surface area contributed by atoms with E-state index in [0.717, 1.165) is 11.1 Å². The average Bonchev–Trinajstić information content (AvgIpc) is 2.81. The molecule has 146 valence electrons. The highest BCUT2D eigenvalue weighted by Crippen LogP contribution is 2.22. The Balaban J connectivity index is 1.39. The Morgan fingerprint density at radius 1 is 0.433 bits per heavy atom. The Morgan fingerprint density at radius 2 is 0.833 bits per heavy atom. The SMILES string of the molecule is O=C(Oc1ccccc1)c1ccc(C(=O)Oc2ccc(-c3ccccc3)cc2)cc1. The topological polar surface area (TPSA) is 52.6 Å². The zero-order valence-corrected chi connectivity index (χ0v) is 16.0. The monoisotopic (exact) mass is 394 g/mol. The van der Waals surface area contributed by atoms with E-state index in [1.165, 1.54) is 0 Å². The lowest BCUT2D eigenvalue weighted by Gasteiger charge is -2.07. The normalized spacial score (nSPS) is 10.3. The number of hydrogen-bond acceptors (Lipinski definition) is 4. The van der Waals surface area contributed by atoms with Gasteiger partial charge in [-0.1, -0.05) is 60.7 Å². The molecule has 4 rings (SSSR count). The molecule has 4 aromatic carbocycles. The molecule has 0 spiro atoms. The maximum Gasteiger partial charge on any atom is 0.343 e. The van der Waals surface area contributed by atoms with E-state index in [1.807, 2.05) is 48.5 Å². The van der Waals surface area contributed by atoms with E-state index in [2.05, 4.69) is 0 Å². The van der Waals surface area contributed by atoms with Crippen LogP contribution in [-0.4, -0.2) is 11.9 Å². The van der Waals surface area contributed by atoms with E-state index in [4.69, 9.17) is 9.47 Å². The molecule has 4 heteroatoms. The third-order valence-corrected chi connectivity index (χ3v) is 4.48. The van der Waals surface area contributed by atoms with Crippen molar-refractivity contribution in [3.05, 3.63) is 120 Å².